The van der Waals surface area contributed by atoms with Crippen LogP contribution in [0.15, 0.2) is 30.3 Å². The number of para-hydroxylation sites is 1. The zero-order chi connectivity index (χ0) is 14.8. The van der Waals surface area contributed by atoms with Gasteiger partial charge >= 0.3 is 0 Å². The van der Waals surface area contributed by atoms with Crippen molar-refractivity contribution in [3.8, 4) is 0 Å². The third-order valence-corrected chi connectivity index (χ3v) is 4.08. The molecule has 0 aliphatic carbocycles. The summed E-state index contributed by atoms with van der Waals surface area (Å²) >= 11 is 6.31. The maximum absolute atomic E-state index is 9.30. The molecule has 112 valence electrons. The lowest BCUT2D eigenvalue weighted by Gasteiger charge is -2.36. The van der Waals surface area contributed by atoms with Crippen LogP contribution in [0, 0.1) is 0 Å². The van der Waals surface area contributed by atoms with E-state index in [1.54, 1.807) is 0 Å². The average molecular weight is 307 g/mol. The first-order chi connectivity index (χ1) is 10.2. The number of pyridine rings is 1. The molecule has 1 saturated heterocycles. The highest BCUT2D eigenvalue weighted by atomic mass is 35.5. The molecule has 2 aromatic rings. The maximum atomic E-state index is 9.30. The average Bonchev–Trinajstić information content (AvgIpc) is 2.47. The molecule has 0 radical (unpaired) electrons. The SMILES string of the molecule is CC1CN(Cc2cc3ccccc3nc2Cl)CC(CO)O1. The first kappa shape index (κ1) is 14.7. The number of benzene rings is 1. The second-order valence-corrected chi connectivity index (χ2v) is 5.93. The van der Waals surface area contributed by atoms with E-state index in [0.717, 1.165) is 29.6 Å². The van der Waals surface area contributed by atoms with Gasteiger partial charge in [0.1, 0.15) is 5.15 Å². The molecule has 1 aromatic heterocycles. The number of aromatic nitrogens is 1. The van der Waals surface area contributed by atoms with Gasteiger partial charge in [-0.05, 0) is 19.1 Å². The molecule has 2 unspecified atom stereocenters. The van der Waals surface area contributed by atoms with Crippen molar-refractivity contribution < 1.29 is 9.84 Å². The number of halogens is 1. The van der Waals surface area contributed by atoms with Crippen molar-refractivity contribution in [1.82, 2.24) is 9.88 Å². The molecule has 0 spiro atoms. The van der Waals surface area contributed by atoms with Crippen molar-refractivity contribution in [1.29, 1.82) is 0 Å². The number of rotatable bonds is 3. The van der Waals surface area contributed by atoms with Crippen LogP contribution in [0.1, 0.15) is 12.5 Å². The molecular formula is C16H19ClN2O2. The Balaban J connectivity index is 1.82. The molecule has 0 saturated carbocycles. The number of hydrogen-bond acceptors (Lipinski definition) is 4. The molecule has 1 aliphatic heterocycles. The predicted molar refractivity (Wildman–Crippen MR) is 83.5 cm³/mol. The van der Waals surface area contributed by atoms with Crippen molar-refractivity contribution >= 4 is 22.5 Å². The Labute approximate surface area is 129 Å². The van der Waals surface area contributed by atoms with E-state index >= 15 is 0 Å². The molecule has 1 aromatic carbocycles. The summed E-state index contributed by atoms with van der Waals surface area (Å²) in [6.07, 6.45) is -0.0102. The molecular weight excluding hydrogens is 288 g/mol. The van der Waals surface area contributed by atoms with E-state index in [0.29, 0.717) is 11.7 Å². The summed E-state index contributed by atoms with van der Waals surface area (Å²) in [6.45, 7) is 4.34. The van der Waals surface area contributed by atoms with Crippen molar-refractivity contribution in [3.05, 3.63) is 41.0 Å². The van der Waals surface area contributed by atoms with Gasteiger partial charge in [0.2, 0.25) is 0 Å². The smallest absolute Gasteiger partial charge is 0.134 e. The highest BCUT2D eigenvalue weighted by molar-refractivity contribution is 6.30. The summed E-state index contributed by atoms with van der Waals surface area (Å²) in [5.41, 5.74) is 1.93. The van der Waals surface area contributed by atoms with Crippen LogP contribution in [-0.4, -0.2) is 46.9 Å². The fourth-order valence-corrected chi connectivity index (χ4v) is 3.06. The number of ether oxygens (including phenoxy) is 1. The van der Waals surface area contributed by atoms with E-state index in [2.05, 4.69) is 16.0 Å². The minimum Gasteiger partial charge on any atom is -0.394 e. The minimum atomic E-state index is -0.124. The van der Waals surface area contributed by atoms with Crippen LogP contribution in [0.4, 0.5) is 0 Å². The van der Waals surface area contributed by atoms with E-state index in [1.807, 2.05) is 31.2 Å². The molecule has 1 fully saturated rings. The standard InChI is InChI=1S/C16H19ClN2O2/c1-11-7-19(9-14(10-20)21-11)8-13-6-12-4-2-3-5-15(12)18-16(13)17/h2-6,11,14,20H,7-10H2,1H3. The van der Waals surface area contributed by atoms with Crippen LogP contribution in [0.5, 0.6) is 0 Å². The van der Waals surface area contributed by atoms with Crippen LogP contribution < -0.4 is 0 Å². The molecule has 4 nitrogen and oxygen atoms in total. The Morgan fingerprint density at radius 2 is 2.19 bits per heavy atom. The van der Waals surface area contributed by atoms with Crippen LogP contribution in [0.25, 0.3) is 10.9 Å². The van der Waals surface area contributed by atoms with E-state index in [1.165, 1.54) is 0 Å². The molecule has 21 heavy (non-hydrogen) atoms. The summed E-state index contributed by atoms with van der Waals surface area (Å²) in [4.78, 5) is 6.71. The van der Waals surface area contributed by atoms with Crippen molar-refractivity contribution in [3.63, 3.8) is 0 Å². The normalized spacial score (nSPS) is 23.6. The zero-order valence-electron chi connectivity index (χ0n) is 12.0. The molecule has 5 heteroatoms. The largest absolute Gasteiger partial charge is 0.394 e. The second-order valence-electron chi connectivity index (χ2n) is 5.58. The zero-order valence-corrected chi connectivity index (χ0v) is 12.8. The maximum Gasteiger partial charge on any atom is 0.134 e. The van der Waals surface area contributed by atoms with Gasteiger partial charge in [0, 0.05) is 30.6 Å². The summed E-state index contributed by atoms with van der Waals surface area (Å²) in [5.74, 6) is 0. The van der Waals surface area contributed by atoms with Crippen LogP contribution in [0.2, 0.25) is 5.15 Å². The van der Waals surface area contributed by atoms with E-state index < -0.39 is 0 Å². The van der Waals surface area contributed by atoms with Crippen LogP contribution in [-0.2, 0) is 11.3 Å². The molecule has 2 heterocycles. The lowest BCUT2D eigenvalue weighted by atomic mass is 10.1. The number of morpholine rings is 1. The molecule has 3 rings (SSSR count). The number of hydrogen-bond donors (Lipinski definition) is 1. The van der Waals surface area contributed by atoms with Gasteiger partial charge in [-0.1, -0.05) is 29.8 Å². The van der Waals surface area contributed by atoms with Crippen molar-refractivity contribution in [2.45, 2.75) is 25.7 Å². The molecule has 2 atom stereocenters. The Morgan fingerprint density at radius 3 is 3.00 bits per heavy atom. The van der Waals surface area contributed by atoms with Gasteiger partial charge in [-0.15, -0.1) is 0 Å². The third-order valence-electron chi connectivity index (χ3n) is 3.75. The Hall–Kier alpha value is -1.20. The van der Waals surface area contributed by atoms with E-state index in [-0.39, 0.29) is 18.8 Å². The lowest BCUT2D eigenvalue weighted by Crippen LogP contribution is -2.47. The van der Waals surface area contributed by atoms with Gasteiger partial charge < -0.3 is 9.84 Å². The molecule has 1 aliphatic rings. The number of fused-ring (bicyclic) bond motifs is 1. The van der Waals surface area contributed by atoms with Gasteiger partial charge in [0.15, 0.2) is 0 Å². The topological polar surface area (TPSA) is 45.6 Å². The third kappa shape index (κ3) is 3.35. The molecule has 1 N–H and O–H groups in total. The minimum absolute atomic E-state index is 0.0462. The fourth-order valence-electron chi connectivity index (χ4n) is 2.86. The highest BCUT2D eigenvalue weighted by Crippen LogP contribution is 2.23. The van der Waals surface area contributed by atoms with Gasteiger partial charge in [-0.25, -0.2) is 4.98 Å². The van der Waals surface area contributed by atoms with Crippen LogP contribution in [0.3, 0.4) is 0 Å². The summed E-state index contributed by atoms with van der Waals surface area (Å²) < 4.78 is 5.66. The van der Waals surface area contributed by atoms with Gasteiger partial charge in [0.25, 0.3) is 0 Å². The first-order valence-electron chi connectivity index (χ1n) is 7.18. The first-order valence-corrected chi connectivity index (χ1v) is 7.56. The van der Waals surface area contributed by atoms with E-state index in [9.17, 15) is 5.11 Å². The summed E-state index contributed by atoms with van der Waals surface area (Å²) in [6, 6.07) is 10.1. The van der Waals surface area contributed by atoms with E-state index in [4.69, 9.17) is 16.3 Å². The quantitative estimate of drug-likeness (QED) is 0.885. The number of aliphatic hydroxyl groups excluding tert-OH is 1. The second kappa shape index (κ2) is 6.28. The Morgan fingerprint density at radius 1 is 1.38 bits per heavy atom. The fraction of sp³-hybridized carbons (Fsp3) is 0.438. The van der Waals surface area contributed by atoms with Crippen molar-refractivity contribution in [2.75, 3.05) is 19.7 Å². The monoisotopic (exact) mass is 306 g/mol. The highest BCUT2D eigenvalue weighted by Gasteiger charge is 2.25. The molecule has 0 bridgehead atoms. The number of aliphatic hydroxyl groups is 1. The van der Waals surface area contributed by atoms with Gasteiger partial charge in [0.05, 0.1) is 24.3 Å². The lowest BCUT2D eigenvalue weighted by molar-refractivity contribution is -0.0972. The predicted octanol–water partition coefficient (Wildman–Crippen LogP) is 2.47. The van der Waals surface area contributed by atoms with Crippen molar-refractivity contribution in [2.24, 2.45) is 0 Å². The van der Waals surface area contributed by atoms with Crippen LogP contribution >= 0.6 is 11.6 Å². The van der Waals surface area contributed by atoms with Gasteiger partial charge in [-0.2, -0.15) is 0 Å². The summed E-state index contributed by atoms with van der Waals surface area (Å²) in [5, 5.41) is 10.9. The molecule has 0 amide bonds. The number of nitrogens with zero attached hydrogens (tertiary/aromatic N) is 2. The Bertz CT molecular complexity index is 635. The van der Waals surface area contributed by atoms with Gasteiger partial charge in [-0.3, -0.25) is 4.90 Å². The Kier molecular flexibility index (Phi) is 4.40. The summed E-state index contributed by atoms with van der Waals surface area (Å²) in [7, 11) is 0.